The van der Waals surface area contributed by atoms with Crippen molar-refractivity contribution in [2.45, 2.75) is 17.9 Å². The van der Waals surface area contributed by atoms with Crippen molar-refractivity contribution in [3.8, 4) is 0 Å². The summed E-state index contributed by atoms with van der Waals surface area (Å²) >= 11 is 1.46. The maximum absolute atomic E-state index is 9.85. The van der Waals surface area contributed by atoms with Gasteiger partial charge < -0.3 is 14.9 Å². The highest BCUT2D eigenvalue weighted by Gasteiger charge is 2.14. The maximum atomic E-state index is 9.85. The minimum Gasteiger partial charge on any atom is -0.396 e. The van der Waals surface area contributed by atoms with Gasteiger partial charge in [-0.3, -0.25) is 4.57 Å². The Balaban J connectivity index is 2.23. The zero-order valence-corrected chi connectivity index (χ0v) is 10.7. The molecular weight excluding hydrogens is 256 g/mol. The first-order valence-electron chi connectivity index (χ1n) is 5.40. The molecule has 7 nitrogen and oxygen atoms in total. The fourth-order valence-corrected chi connectivity index (χ4v) is 1.96. The summed E-state index contributed by atoms with van der Waals surface area (Å²) in [6, 6.07) is 0. The molecule has 0 amide bonds. The van der Waals surface area contributed by atoms with Crippen LogP contribution in [-0.4, -0.2) is 49.2 Å². The first-order chi connectivity index (χ1) is 8.77. The van der Waals surface area contributed by atoms with Crippen LogP contribution in [0.5, 0.6) is 0 Å². The first-order valence-corrected chi connectivity index (χ1v) is 6.62. The van der Waals surface area contributed by atoms with Gasteiger partial charge in [0, 0.05) is 6.61 Å². The zero-order chi connectivity index (χ0) is 13.0. The van der Waals surface area contributed by atoms with E-state index in [9.17, 15) is 5.11 Å². The summed E-state index contributed by atoms with van der Waals surface area (Å²) in [5.74, 6) is 0. The van der Waals surface area contributed by atoms with Gasteiger partial charge in [-0.25, -0.2) is 15.0 Å². The highest BCUT2D eigenvalue weighted by Crippen LogP contribution is 2.22. The molecule has 0 radical (unpaired) electrons. The van der Waals surface area contributed by atoms with Crippen molar-refractivity contribution in [2.24, 2.45) is 0 Å². The number of aliphatic hydroxyl groups excluding tert-OH is 2. The normalized spacial score (nSPS) is 13.1. The van der Waals surface area contributed by atoms with Crippen molar-refractivity contribution in [2.75, 3.05) is 19.5 Å². The molecule has 0 aromatic carbocycles. The van der Waals surface area contributed by atoms with Crippen LogP contribution in [0.2, 0.25) is 0 Å². The molecule has 2 aromatic heterocycles. The van der Waals surface area contributed by atoms with Gasteiger partial charge in [0.25, 0.3) is 0 Å². The van der Waals surface area contributed by atoms with E-state index in [2.05, 4.69) is 15.0 Å². The van der Waals surface area contributed by atoms with Gasteiger partial charge in [-0.05, 0) is 12.7 Å². The fraction of sp³-hybridized carbons (Fsp3) is 0.500. The molecule has 0 saturated carbocycles. The molecule has 0 aliphatic rings. The van der Waals surface area contributed by atoms with Crippen molar-refractivity contribution >= 4 is 22.9 Å². The SMILES string of the molecule is CSc1ncnc2c1ncn2C(O)OCCCO. The van der Waals surface area contributed by atoms with Crippen LogP contribution in [0.1, 0.15) is 12.8 Å². The van der Waals surface area contributed by atoms with Crippen LogP contribution < -0.4 is 0 Å². The molecular formula is C10H14N4O3S. The van der Waals surface area contributed by atoms with Crippen molar-refractivity contribution in [3.05, 3.63) is 12.7 Å². The van der Waals surface area contributed by atoms with Crippen LogP contribution in [0.3, 0.4) is 0 Å². The molecule has 0 spiro atoms. The number of aliphatic hydroxyl groups is 2. The molecule has 8 heteroatoms. The van der Waals surface area contributed by atoms with Gasteiger partial charge in [-0.1, -0.05) is 0 Å². The molecule has 98 valence electrons. The Morgan fingerprint density at radius 3 is 3.00 bits per heavy atom. The average molecular weight is 270 g/mol. The quantitative estimate of drug-likeness (QED) is 0.339. The van der Waals surface area contributed by atoms with E-state index in [4.69, 9.17) is 9.84 Å². The molecule has 0 bridgehead atoms. The molecule has 1 atom stereocenters. The fourth-order valence-electron chi connectivity index (χ4n) is 1.48. The number of nitrogens with zero attached hydrogens (tertiary/aromatic N) is 4. The third-order valence-electron chi connectivity index (χ3n) is 2.33. The Morgan fingerprint density at radius 1 is 1.44 bits per heavy atom. The zero-order valence-electron chi connectivity index (χ0n) is 9.85. The molecule has 0 aliphatic carbocycles. The lowest BCUT2D eigenvalue weighted by Gasteiger charge is -2.12. The largest absolute Gasteiger partial charge is 0.396 e. The van der Waals surface area contributed by atoms with Gasteiger partial charge in [-0.15, -0.1) is 11.8 Å². The lowest BCUT2D eigenvalue weighted by molar-refractivity contribution is -0.152. The smallest absolute Gasteiger partial charge is 0.244 e. The summed E-state index contributed by atoms with van der Waals surface area (Å²) in [7, 11) is 0. The summed E-state index contributed by atoms with van der Waals surface area (Å²) in [5.41, 5.74) is 1.15. The number of thioether (sulfide) groups is 1. The third kappa shape index (κ3) is 2.61. The Kier molecular flexibility index (Phi) is 4.48. The predicted molar refractivity (Wildman–Crippen MR) is 66.0 cm³/mol. The molecule has 2 aromatic rings. The second kappa shape index (κ2) is 6.10. The molecule has 1 unspecified atom stereocenters. The monoisotopic (exact) mass is 270 g/mol. The predicted octanol–water partition coefficient (Wildman–Crippen LogP) is 0.396. The van der Waals surface area contributed by atoms with Gasteiger partial charge >= 0.3 is 0 Å². The molecule has 0 fully saturated rings. The number of ether oxygens (including phenoxy) is 1. The van der Waals surface area contributed by atoms with E-state index < -0.39 is 6.41 Å². The van der Waals surface area contributed by atoms with Crippen molar-refractivity contribution in [3.63, 3.8) is 0 Å². The Hall–Kier alpha value is -1.22. The van der Waals surface area contributed by atoms with Gasteiger partial charge in [0.15, 0.2) is 5.65 Å². The Morgan fingerprint density at radius 2 is 2.28 bits per heavy atom. The second-order valence-electron chi connectivity index (χ2n) is 3.48. The topological polar surface area (TPSA) is 93.3 Å². The summed E-state index contributed by atoms with van der Waals surface area (Å²) in [6.07, 6.45) is 4.09. The second-order valence-corrected chi connectivity index (χ2v) is 4.28. The van der Waals surface area contributed by atoms with Crippen molar-refractivity contribution in [1.29, 1.82) is 0 Å². The van der Waals surface area contributed by atoms with E-state index in [0.717, 1.165) is 5.03 Å². The number of hydrogen-bond acceptors (Lipinski definition) is 7. The lowest BCUT2D eigenvalue weighted by atomic mass is 10.5. The minimum atomic E-state index is -1.16. The summed E-state index contributed by atoms with van der Waals surface area (Å²) in [6.45, 7) is 0.286. The van der Waals surface area contributed by atoms with Gasteiger partial charge in [0.2, 0.25) is 6.41 Å². The standard InChI is InChI=1S/C10H14N4O3S/c1-18-9-7-8(11-5-12-9)14(6-13-7)10(16)17-4-2-3-15/h5-6,10,15-16H,2-4H2,1H3. The number of aromatic nitrogens is 4. The van der Waals surface area contributed by atoms with Crippen LogP contribution in [0, 0.1) is 0 Å². The number of imidazole rings is 1. The van der Waals surface area contributed by atoms with Gasteiger partial charge in [0.05, 0.1) is 6.61 Å². The van der Waals surface area contributed by atoms with Crippen LogP contribution in [0.25, 0.3) is 11.2 Å². The molecule has 2 N–H and O–H groups in total. The van der Waals surface area contributed by atoms with E-state index in [0.29, 0.717) is 17.6 Å². The number of fused-ring (bicyclic) bond motifs is 1. The summed E-state index contributed by atoms with van der Waals surface area (Å²) in [5, 5.41) is 19.2. The molecule has 2 heterocycles. The molecule has 2 rings (SSSR count). The number of rotatable bonds is 6. The van der Waals surface area contributed by atoms with Gasteiger partial charge in [0.1, 0.15) is 23.2 Å². The van der Waals surface area contributed by atoms with Crippen LogP contribution in [-0.2, 0) is 4.74 Å². The average Bonchev–Trinajstić information content (AvgIpc) is 2.82. The summed E-state index contributed by atoms with van der Waals surface area (Å²) in [4.78, 5) is 12.3. The highest BCUT2D eigenvalue weighted by atomic mass is 32.2. The Bertz CT molecular complexity index is 519. The number of hydrogen-bond donors (Lipinski definition) is 2. The maximum Gasteiger partial charge on any atom is 0.244 e. The molecule has 0 aliphatic heterocycles. The molecule has 0 saturated heterocycles. The first kappa shape index (κ1) is 13.2. The summed E-state index contributed by atoms with van der Waals surface area (Å²) < 4.78 is 6.58. The highest BCUT2D eigenvalue weighted by molar-refractivity contribution is 7.98. The van der Waals surface area contributed by atoms with Crippen LogP contribution in [0.4, 0.5) is 0 Å². The Labute approximate surface area is 108 Å². The van der Waals surface area contributed by atoms with E-state index in [1.54, 1.807) is 0 Å². The minimum absolute atomic E-state index is 0.0240. The van der Waals surface area contributed by atoms with Crippen LogP contribution >= 0.6 is 11.8 Å². The molecule has 18 heavy (non-hydrogen) atoms. The van der Waals surface area contributed by atoms with Crippen molar-refractivity contribution in [1.82, 2.24) is 19.5 Å². The lowest BCUT2D eigenvalue weighted by Crippen LogP contribution is -2.13. The third-order valence-corrected chi connectivity index (χ3v) is 3.01. The van der Waals surface area contributed by atoms with Crippen LogP contribution in [0.15, 0.2) is 17.7 Å². The van der Waals surface area contributed by atoms with E-state index >= 15 is 0 Å². The van der Waals surface area contributed by atoms with Crippen molar-refractivity contribution < 1.29 is 14.9 Å². The van der Waals surface area contributed by atoms with E-state index in [-0.39, 0.29) is 13.2 Å². The van der Waals surface area contributed by atoms with Gasteiger partial charge in [-0.2, -0.15) is 0 Å². The van der Waals surface area contributed by atoms with E-state index in [1.807, 2.05) is 6.26 Å². The van der Waals surface area contributed by atoms with E-state index in [1.165, 1.54) is 29.0 Å².